The molecule has 3 aromatic rings. The van der Waals surface area contributed by atoms with E-state index in [4.69, 9.17) is 21.1 Å². The molecule has 4 nitrogen and oxygen atoms in total. The lowest BCUT2D eigenvalue weighted by Gasteiger charge is -2.14. The maximum absolute atomic E-state index is 6.45. The zero-order valence-electron chi connectivity index (χ0n) is 14.7. The number of pyridine rings is 1. The summed E-state index contributed by atoms with van der Waals surface area (Å²) in [6, 6.07) is 17.9. The first kappa shape index (κ1) is 18.2. The van der Waals surface area contributed by atoms with Crippen molar-refractivity contribution in [2.24, 2.45) is 0 Å². The Kier molecular flexibility index (Phi) is 6.47. The molecular formula is C21H22ClN2O2+. The molecule has 0 fully saturated rings. The van der Waals surface area contributed by atoms with Crippen LogP contribution in [0.3, 0.4) is 0 Å². The average molecular weight is 370 g/mol. The van der Waals surface area contributed by atoms with Gasteiger partial charge in [0.25, 0.3) is 0 Å². The van der Waals surface area contributed by atoms with Crippen molar-refractivity contribution in [3.63, 3.8) is 0 Å². The van der Waals surface area contributed by atoms with Gasteiger partial charge in [-0.2, -0.15) is 0 Å². The van der Waals surface area contributed by atoms with Gasteiger partial charge in [-0.25, -0.2) is 0 Å². The molecule has 2 aromatic carbocycles. The number of nitrogens with two attached hydrogens (primary N) is 1. The summed E-state index contributed by atoms with van der Waals surface area (Å²) < 4.78 is 11.4. The summed E-state index contributed by atoms with van der Waals surface area (Å²) in [5.41, 5.74) is 3.41. The van der Waals surface area contributed by atoms with Gasteiger partial charge in [0.2, 0.25) is 0 Å². The molecule has 2 N–H and O–H groups in total. The quantitative estimate of drug-likeness (QED) is 0.660. The minimum absolute atomic E-state index is 0.449. The van der Waals surface area contributed by atoms with E-state index in [-0.39, 0.29) is 0 Å². The lowest BCUT2D eigenvalue weighted by atomic mass is 10.2. The van der Waals surface area contributed by atoms with Crippen LogP contribution in [0.5, 0.6) is 11.5 Å². The van der Waals surface area contributed by atoms with E-state index in [1.165, 1.54) is 5.56 Å². The fourth-order valence-corrected chi connectivity index (χ4v) is 2.97. The minimum Gasteiger partial charge on any atom is -0.493 e. The molecule has 1 aromatic heterocycles. The Morgan fingerprint density at radius 1 is 0.923 bits per heavy atom. The van der Waals surface area contributed by atoms with E-state index in [1.54, 1.807) is 7.11 Å². The highest BCUT2D eigenvalue weighted by Gasteiger charge is 2.13. The first-order valence-electron chi connectivity index (χ1n) is 8.50. The second-order valence-electron chi connectivity index (χ2n) is 5.94. The summed E-state index contributed by atoms with van der Waals surface area (Å²) in [5.74, 6) is 1.23. The number of halogens is 1. The standard InChI is InChI=1S/C21H21ClN2O2/c1-25-20-12-18(14-24-13-16-7-9-23-10-8-16)11-19(22)21(20)26-15-17-5-3-2-4-6-17/h2-12,24H,13-15H2,1H3/p+1. The molecule has 0 aliphatic heterocycles. The van der Waals surface area contributed by atoms with Crippen molar-refractivity contribution >= 4 is 11.6 Å². The largest absolute Gasteiger partial charge is 0.493 e. The number of benzene rings is 2. The molecule has 0 saturated carbocycles. The summed E-state index contributed by atoms with van der Waals surface area (Å²) in [7, 11) is 1.63. The first-order chi connectivity index (χ1) is 12.8. The Morgan fingerprint density at radius 2 is 1.65 bits per heavy atom. The fraction of sp³-hybridized carbons (Fsp3) is 0.190. The van der Waals surface area contributed by atoms with Crippen LogP contribution in [-0.2, 0) is 19.7 Å². The third-order valence-corrected chi connectivity index (χ3v) is 4.31. The number of methoxy groups -OCH3 is 1. The molecule has 0 unspecified atom stereocenters. The van der Waals surface area contributed by atoms with Gasteiger partial charge in [0, 0.05) is 23.5 Å². The molecule has 0 atom stereocenters. The van der Waals surface area contributed by atoms with Gasteiger partial charge in [-0.1, -0.05) is 41.9 Å². The molecular weight excluding hydrogens is 348 g/mol. The van der Waals surface area contributed by atoms with Crippen LogP contribution in [0.2, 0.25) is 5.02 Å². The van der Waals surface area contributed by atoms with Gasteiger partial charge < -0.3 is 14.8 Å². The second-order valence-corrected chi connectivity index (χ2v) is 6.34. The number of hydrogen-bond acceptors (Lipinski definition) is 3. The molecule has 26 heavy (non-hydrogen) atoms. The number of nitrogens with zero attached hydrogens (tertiary/aromatic N) is 1. The maximum Gasteiger partial charge on any atom is 0.180 e. The molecule has 0 aliphatic carbocycles. The van der Waals surface area contributed by atoms with Gasteiger partial charge in [0.15, 0.2) is 11.5 Å². The van der Waals surface area contributed by atoms with Crippen LogP contribution >= 0.6 is 11.6 Å². The van der Waals surface area contributed by atoms with E-state index in [0.29, 0.717) is 23.1 Å². The van der Waals surface area contributed by atoms with Gasteiger partial charge in [-0.15, -0.1) is 0 Å². The van der Waals surface area contributed by atoms with E-state index < -0.39 is 0 Å². The van der Waals surface area contributed by atoms with Gasteiger partial charge in [0.1, 0.15) is 19.7 Å². The van der Waals surface area contributed by atoms with Crippen LogP contribution in [0.25, 0.3) is 0 Å². The van der Waals surface area contributed by atoms with Crippen LogP contribution in [0.4, 0.5) is 0 Å². The first-order valence-corrected chi connectivity index (χ1v) is 8.88. The molecule has 0 aliphatic rings. The number of ether oxygens (including phenoxy) is 2. The van der Waals surface area contributed by atoms with Crippen LogP contribution in [0.1, 0.15) is 16.7 Å². The van der Waals surface area contributed by atoms with Gasteiger partial charge >= 0.3 is 0 Å². The smallest absolute Gasteiger partial charge is 0.180 e. The Labute approximate surface area is 158 Å². The van der Waals surface area contributed by atoms with E-state index in [1.807, 2.05) is 67.0 Å². The topological polar surface area (TPSA) is 48.0 Å². The van der Waals surface area contributed by atoms with E-state index in [0.717, 1.165) is 24.2 Å². The third kappa shape index (κ3) is 4.97. The predicted octanol–water partition coefficient (Wildman–Crippen LogP) is 3.59. The molecule has 0 saturated heterocycles. The average Bonchev–Trinajstić information content (AvgIpc) is 2.68. The minimum atomic E-state index is 0.449. The third-order valence-electron chi connectivity index (χ3n) is 4.02. The van der Waals surface area contributed by atoms with Crippen LogP contribution < -0.4 is 14.8 Å². The lowest BCUT2D eigenvalue weighted by Crippen LogP contribution is -2.80. The highest BCUT2D eigenvalue weighted by molar-refractivity contribution is 6.32. The normalized spacial score (nSPS) is 10.5. The van der Waals surface area contributed by atoms with Gasteiger partial charge in [-0.3, -0.25) is 4.98 Å². The number of quaternary nitrogens is 1. The Balaban J connectivity index is 1.64. The van der Waals surface area contributed by atoms with Gasteiger partial charge in [0.05, 0.1) is 12.1 Å². The van der Waals surface area contributed by atoms with Crippen molar-refractivity contribution in [3.05, 3.63) is 88.7 Å². The molecule has 5 heteroatoms. The molecule has 3 rings (SSSR count). The molecule has 0 radical (unpaired) electrons. The molecule has 0 spiro atoms. The number of hydrogen-bond donors (Lipinski definition) is 1. The summed E-state index contributed by atoms with van der Waals surface area (Å²) in [5, 5.41) is 2.78. The highest BCUT2D eigenvalue weighted by atomic mass is 35.5. The molecule has 0 amide bonds. The molecule has 134 valence electrons. The fourth-order valence-electron chi connectivity index (χ4n) is 2.69. The summed E-state index contributed by atoms with van der Waals surface area (Å²) in [4.78, 5) is 4.03. The zero-order valence-corrected chi connectivity index (χ0v) is 15.4. The zero-order chi connectivity index (χ0) is 18.2. The molecule has 1 heterocycles. The van der Waals surface area contributed by atoms with E-state index in [9.17, 15) is 0 Å². The Morgan fingerprint density at radius 3 is 2.38 bits per heavy atom. The predicted molar refractivity (Wildman–Crippen MR) is 102 cm³/mol. The van der Waals surface area contributed by atoms with Crippen molar-refractivity contribution in [2.75, 3.05) is 7.11 Å². The van der Waals surface area contributed by atoms with Gasteiger partial charge in [-0.05, 0) is 29.8 Å². The Bertz CT molecular complexity index is 826. The van der Waals surface area contributed by atoms with Crippen molar-refractivity contribution < 1.29 is 14.8 Å². The molecule has 0 bridgehead atoms. The maximum atomic E-state index is 6.45. The van der Waals surface area contributed by atoms with Crippen molar-refractivity contribution in [1.82, 2.24) is 4.98 Å². The highest BCUT2D eigenvalue weighted by Crippen LogP contribution is 2.36. The lowest BCUT2D eigenvalue weighted by molar-refractivity contribution is -0.686. The van der Waals surface area contributed by atoms with Crippen LogP contribution in [0, 0.1) is 0 Å². The monoisotopic (exact) mass is 369 g/mol. The summed E-state index contributed by atoms with van der Waals surface area (Å²) in [6.07, 6.45) is 3.61. The van der Waals surface area contributed by atoms with Crippen molar-refractivity contribution in [3.8, 4) is 11.5 Å². The number of aromatic nitrogens is 1. The summed E-state index contributed by atoms with van der Waals surface area (Å²) >= 11 is 6.45. The van der Waals surface area contributed by atoms with Crippen LogP contribution in [-0.4, -0.2) is 12.1 Å². The van der Waals surface area contributed by atoms with Crippen LogP contribution in [0.15, 0.2) is 67.0 Å². The van der Waals surface area contributed by atoms with Crippen molar-refractivity contribution in [1.29, 1.82) is 0 Å². The number of rotatable bonds is 8. The second kappa shape index (κ2) is 9.22. The van der Waals surface area contributed by atoms with E-state index in [2.05, 4.69) is 10.3 Å². The Hall–Kier alpha value is -2.56. The summed E-state index contributed by atoms with van der Waals surface area (Å²) in [6.45, 7) is 2.14. The van der Waals surface area contributed by atoms with E-state index >= 15 is 0 Å². The van der Waals surface area contributed by atoms with Crippen molar-refractivity contribution in [2.45, 2.75) is 19.7 Å². The SMILES string of the molecule is COc1cc(C[NH2+]Cc2ccncc2)cc(Cl)c1OCc1ccccc1.